The molecule has 0 saturated heterocycles. The normalized spacial score (nSPS) is 10.4. The van der Waals surface area contributed by atoms with E-state index < -0.39 is 0 Å². The first kappa shape index (κ1) is 10.5. The molecular formula is C13H10N4O. The van der Waals surface area contributed by atoms with E-state index in [-0.39, 0.29) is 5.91 Å². The van der Waals surface area contributed by atoms with E-state index in [1.807, 2.05) is 24.3 Å². The summed E-state index contributed by atoms with van der Waals surface area (Å²) >= 11 is 0. The molecule has 2 aromatic heterocycles. The third-order valence-corrected chi connectivity index (χ3v) is 2.65. The Kier molecular flexibility index (Phi) is 2.49. The summed E-state index contributed by atoms with van der Waals surface area (Å²) < 4.78 is 0. The molecule has 2 heterocycles. The summed E-state index contributed by atoms with van der Waals surface area (Å²) in [4.78, 5) is 16.4. The van der Waals surface area contributed by atoms with Gasteiger partial charge in [-0.2, -0.15) is 5.10 Å². The van der Waals surface area contributed by atoms with Gasteiger partial charge in [-0.15, -0.1) is 0 Å². The van der Waals surface area contributed by atoms with E-state index in [0.717, 1.165) is 10.9 Å². The van der Waals surface area contributed by atoms with Crippen molar-refractivity contribution in [3.05, 3.63) is 54.5 Å². The fraction of sp³-hybridized carbons (Fsp3) is 0. The maximum atomic E-state index is 12.1. The summed E-state index contributed by atoms with van der Waals surface area (Å²) in [5.74, 6) is -0.171. The monoisotopic (exact) mass is 238 g/mol. The molecule has 0 fully saturated rings. The van der Waals surface area contributed by atoms with Crippen molar-refractivity contribution in [1.29, 1.82) is 0 Å². The van der Waals surface area contributed by atoms with Gasteiger partial charge in [-0.25, -0.2) is 0 Å². The molecule has 1 amide bonds. The van der Waals surface area contributed by atoms with Gasteiger partial charge >= 0.3 is 0 Å². The standard InChI is InChI=1S/C13H10N4O/c18-13(17-9-7-15-16-8-9)11-5-6-14-12-4-2-1-3-10(11)12/h1-8H,(H,15,16)(H,17,18). The van der Waals surface area contributed by atoms with Crippen LogP contribution in [0.5, 0.6) is 0 Å². The largest absolute Gasteiger partial charge is 0.319 e. The second kappa shape index (κ2) is 4.29. The van der Waals surface area contributed by atoms with Gasteiger partial charge in [0.25, 0.3) is 5.91 Å². The van der Waals surface area contributed by atoms with E-state index in [4.69, 9.17) is 0 Å². The molecule has 0 radical (unpaired) electrons. The van der Waals surface area contributed by atoms with Crippen LogP contribution in [-0.2, 0) is 0 Å². The Balaban J connectivity index is 2.01. The van der Waals surface area contributed by atoms with E-state index in [0.29, 0.717) is 11.3 Å². The molecular weight excluding hydrogens is 228 g/mol. The van der Waals surface area contributed by atoms with Crippen molar-refractivity contribution in [2.45, 2.75) is 0 Å². The van der Waals surface area contributed by atoms with Gasteiger partial charge in [0, 0.05) is 17.8 Å². The van der Waals surface area contributed by atoms with Crippen LogP contribution in [0, 0.1) is 0 Å². The van der Waals surface area contributed by atoms with E-state index in [1.165, 1.54) is 0 Å². The number of rotatable bonds is 2. The Labute approximate surface area is 103 Å². The van der Waals surface area contributed by atoms with Crippen LogP contribution in [0.4, 0.5) is 5.69 Å². The molecule has 3 aromatic rings. The van der Waals surface area contributed by atoms with Crippen LogP contribution in [0.3, 0.4) is 0 Å². The number of fused-ring (bicyclic) bond motifs is 1. The lowest BCUT2D eigenvalue weighted by molar-refractivity contribution is 0.102. The second-order valence-electron chi connectivity index (χ2n) is 3.82. The fourth-order valence-corrected chi connectivity index (χ4v) is 1.81. The van der Waals surface area contributed by atoms with E-state index in [1.54, 1.807) is 24.7 Å². The summed E-state index contributed by atoms with van der Waals surface area (Å²) in [6, 6.07) is 9.25. The topological polar surface area (TPSA) is 70.7 Å². The molecule has 0 atom stereocenters. The molecule has 1 aromatic carbocycles. The van der Waals surface area contributed by atoms with Crippen molar-refractivity contribution < 1.29 is 4.79 Å². The first-order chi connectivity index (χ1) is 8.84. The van der Waals surface area contributed by atoms with Crippen molar-refractivity contribution in [1.82, 2.24) is 15.2 Å². The van der Waals surface area contributed by atoms with Gasteiger partial charge in [0.05, 0.1) is 23.0 Å². The Morgan fingerprint density at radius 3 is 2.94 bits per heavy atom. The van der Waals surface area contributed by atoms with Crippen LogP contribution < -0.4 is 5.32 Å². The third kappa shape index (κ3) is 1.82. The van der Waals surface area contributed by atoms with Gasteiger partial charge in [-0.05, 0) is 12.1 Å². The molecule has 0 aliphatic carbocycles. The summed E-state index contributed by atoms with van der Waals surface area (Å²) in [5, 5.41) is 10.0. The minimum Gasteiger partial charge on any atom is -0.319 e. The smallest absolute Gasteiger partial charge is 0.256 e. The molecule has 3 rings (SSSR count). The highest BCUT2D eigenvalue weighted by Crippen LogP contribution is 2.17. The number of benzene rings is 1. The van der Waals surface area contributed by atoms with Crippen LogP contribution in [0.25, 0.3) is 10.9 Å². The first-order valence-corrected chi connectivity index (χ1v) is 5.48. The molecule has 18 heavy (non-hydrogen) atoms. The molecule has 0 aliphatic heterocycles. The summed E-state index contributed by atoms with van der Waals surface area (Å²) in [6.45, 7) is 0. The van der Waals surface area contributed by atoms with Crippen molar-refractivity contribution >= 4 is 22.5 Å². The quantitative estimate of drug-likeness (QED) is 0.719. The number of hydrogen-bond acceptors (Lipinski definition) is 3. The number of aromatic amines is 1. The highest BCUT2D eigenvalue weighted by Gasteiger charge is 2.10. The predicted octanol–water partition coefficient (Wildman–Crippen LogP) is 2.21. The number of anilines is 1. The number of carbonyl (C=O) groups is 1. The Morgan fingerprint density at radius 2 is 2.11 bits per heavy atom. The molecule has 0 unspecified atom stereocenters. The zero-order valence-corrected chi connectivity index (χ0v) is 9.42. The lowest BCUT2D eigenvalue weighted by Crippen LogP contribution is -2.12. The average molecular weight is 238 g/mol. The highest BCUT2D eigenvalue weighted by atomic mass is 16.1. The Morgan fingerprint density at radius 1 is 1.22 bits per heavy atom. The van der Waals surface area contributed by atoms with Crippen LogP contribution in [0.1, 0.15) is 10.4 Å². The summed E-state index contributed by atoms with van der Waals surface area (Å²) in [6.07, 6.45) is 4.81. The van der Waals surface area contributed by atoms with Crippen molar-refractivity contribution in [2.24, 2.45) is 0 Å². The number of para-hydroxylation sites is 1. The molecule has 88 valence electrons. The maximum absolute atomic E-state index is 12.1. The van der Waals surface area contributed by atoms with Gasteiger partial charge in [0.15, 0.2) is 0 Å². The zero-order valence-electron chi connectivity index (χ0n) is 9.42. The number of aromatic nitrogens is 3. The summed E-state index contributed by atoms with van der Waals surface area (Å²) in [5.41, 5.74) is 2.04. The second-order valence-corrected chi connectivity index (χ2v) is 3.82. The molecule has 2 N–H and O–H groups in total. The Hall–Kier alpha value is -2.69. The molecule has 0 spiro atoms. The highest BCUT2D eigenvalue weighted by molar-refractivity contribution is 6.12. The number of nitrogens with one attached hydrogen (secondary N) is 2. The van der Waals surface area contributed by atoms with Crippen LogP contribution in [0.2, 0.25) is 0 Å². The lowest BCUT2D eigenvalue weighted by Gasteiger charge is -2.05. The number of H-pyrrole nitrogens is 1. The lowest BCUT2D eigenvalue weighted by atomic mass is 10.1. The Bertz CT molecular complexity index is 686. The number of pyridine rings is 1. The molecule has 0 saturated carbocycles. The molecule has 0 bridgehead atoms. The number of amides is 1. The zero-order chi connectivity index (χ0) is 12.4. The minimum absolute atomic E-state index is 0.171. The number of hydrogen-bond donors (Lipinski definition) is 2. The minimum atomic E-state index is -0.171. The molecule has 5 heteroatoms. The van der Waals surface area contributed by atoms with Gasteiger partial charge in [-0.3, -0.25) is 14.9 Å². The fourth-order valence-electron chi connectivity index (χ4n) is 1.81. The van der Waals surface area contributed by atoms with Gasteiger partial charge in [0.2, 0.25) is 0 Å². The van der Waals surface area contributed by atoms with E-state index in [2.05, 4.69) is 20.5 Å². The summed E-state index contributed by atoms with van der Waals surface area (Å²) in [7, 11) is 0. The third-order valence-electron chi connectivity index (χ3n) is 2.65. The van der Waals surface area contributed by atoms with Crippen molar-refractivity contribution in [2.75, 3.05) is 5.32 Å². The SMILES string of the molecule is O=C(Nc1cn[nH]c1)c1ccnc2ccccc12. The average Bonchev–Trinajstić information content (AvgIpc) is 2.91. The van der Waals surface area contributed by atoms with Gasteiger partial charge in [0.1, 0.15) is 0 Å². The van der Waals surface area contributed by atoms with Gasteiger partial charge in [-0.1, -0.05) is 18.2 Å². The van der Waals surface area contributed by atoms with E-state index >= 15 is 0 Å². The molecule has 5 nitrogen and oxygen atoms in total. The predicted molar refractivity (Wildman–Crippen MR) is 68.3 cm³/mol. The van der Waals surface area contributed by atoms with Crippen molar-refractivity contribution in [3.8, 4) is 0 Å². The first-order valence-electron chi connectivity index (χ1n) is 5.48. The van der Waals surface area contributed by atoms with Crippen molar-refractivity contribution in [3.63, 3.8) is 0 Å². The van der Waals surface area contributed by atoms with Crippen LogP contribution in [0.15, 0.2) is 48.9 Å². The number of carbonyl (C=O) groups excluding carboxylic acids is 1. The maximum Gasteiger partial charge on any atom is 0.256 e. The molecule has 0 aliphatic rings. The number of nitrogens with zero attached hydrogens (tertiary/aromatic N) is 2. The van der Waals surface area contributed by atoms with E-state index in [9.17, 15) is 4.79 Å². The van der Waals surface area contributed by atoms with Gasteiger partial charge < -0.3 is 5.32 Å². The van der Waals surface area contributed by atoms with Crippen LogP contribution >= 0.6 is 0 Å². The van der Waals surface area contributed by atoms with Crippen LogP contribution in [-0.4, -0.2) is 21.1 Å².